The van der Waals surface area contributed by atoms with Crippen molar-refractivity contribution in [3.63, 3.8) is 0 Å². The molecule has 1 aromatic rings. The molecule has 0 aromatic heterocycles. The summed E-state index contributed by atoms with van der Waals surface area (Å²) in [6, 6.07) is 9.92. The number of rotatable bonds is 3. The van der Waals surface area contributed by atoms with Crippen molar-refractivity contribution in [2.24, 2.45) is 5.92 Å². The Morgan fingerprint density at radius 3 is 2.67 bits per heavy atom. The lowest BCUT2D eigenvalue weighted by Gasteiger charge is -2.04. The van der Waals surface area contributed by atoms with Gasteiger partial charge in [0, 0.05) is 0 Å². The van der Waals surface area contributed by atoms with Crippen LogP contribution in [0.5, 0.6) is 0 Å². The van der Waals surface area contributed by atoms with Crippen LogP contribution in [0.25, 0.3) is 0 Å². The van der Waals surface area contributed by atoms with Crippen LogP contribution >= 0.6 is 0 Å². The molecule has 80 valence electrons. The topological polar surface area (TPSA) is 38.8 Å². The molecular formula is C12H14O3. The number of methoxy groups -OCH3 is 1. The van der Waals surface area contributed by atoms with E-state index in [4.69, 9.17) is 4.74 Å². The van der Waals surface area contributed by atoms with Gasteiger partial charge in [0.1, 0.15) is 12.2 Å². The summed E-state index contributed by atoms with van der Waals surface area (Å²) < 4.78 is 10.2. The predicted molar refractivity (Wildman–Crippen MR) is 55.2 cm³/mol. The van der Waals surface area contributed by atoms with E-state index in [2.05, 4.69) is 4.74 Å². The number of carbonyl (C=O) groups excluding carboxylic acids is 1. The third kappa shape index (κ3) is 2.02. The number of hydrogen-bond donors (Lipinski definition) is 0. The Bertz CT molecular complexity index is 347. The molecule has 0 unspecified atom stereocenters. The molecule has 0 radical (unpaired) electrons. The average Bonchev–Trinajstić information content (AvgIpc) is 3.08. The average molecular weight is 206 g/mol. The minimum absolute atomic E-state index is 0.0279. The molecule has 0 saturated carbocycles. The zero-order valence-corrected chi connectivity index (χ0v) is 8.84. The lowest BCUT2D eigenvalue weighted by atomic mass is 10.0. The lowest BCUT2D eigenvalue weighted by Crippen LogP contribution is -2.18. The van der Waals surface area contributed by atoms with Gasteiger partial charge in [0.25, 0.3) is 0 Å². The minimum Gasteiger partial charge on any atom is -0.469 e. The van der Waals surface area contributed by atoms with E-state index in [0.29, 0.717) is 0 Å². The molecule has 0 N–H and O–H groups in total. The Hall–Kier alpha value is -1.35. The Morgan fingerprint density at radius 2 is 2.07 bits per heavy atom. The molecule has 2 rings (SSSR count). The quantitative estimate of drug-likeness (QED) is 0.560. The molecule has 15 heavy (non-hydrogen) atoms. The molecule has 1 heterocycles. The number of esters is 1. The Morgan fingerprint density at radius 1 is 1.40 bits per heavy atom. The smallest absolute Gasteiger partial charge is 0.311 e. The van der Waals surface area contributed by atoms with Crippen LogP contribution in [0.3, 0.4) is 0 Å². The lowest BCUT2D eigenvalue weighted by molar-refractivity contribution is -0.145. The van der Waals surface area contributed by atoms with E-state index in [1.807, 2.05) is 37.3 Å². The van der Waals surface area contributed by atoms with E-state index in [-0.39, 0.29) is 24.1 Å². The highest BCUT2D eigenvalue weighted by atomic mass is 16.6. The van der Waals surface area contributed by atoms with Gasteiger partial charge < -0.3 is 9.47 Å². The first-order valence-corrected chi connectivity index (χ1v) is 5.02. The van der Waals surface area contributed by atoms with E-state index >= 15 is 0 Å². The van der Waals surface area contributed by atoms with Gasteiger partial charge in [-0.15, -0.1) is 0 Å². The molecule has 1 fully saturated rings. The first-order valence-electron chi connectivity index (χ1n) is 5.02. The van der Waals surface area contributed by atoms with E-state index in [0.717, 1.165) is 5.56 Å². The monoisotopic (exact) mass is 206 g/mol. The maximum atomic E-state index is 11.3. The Labute approximate surface area is 89.0 Å². The SMILES string of the molecule is COC(=O)[C@@H](C)[C@H]1O[C@H]1c1ccccc1. The third-order valence-electron chi connectivity index (χ3n) is 2.72. The van der Waals surface area contributed by atoms with Crippen molar-refractivity contribution >= 4 is 5.97 Å². The summed E-state index contributed by atoms with van der Waals surface area (Å²) in [6.45, 7) is 1.83. The van der Waals surface area contributed by atoms with Gasteiger partial charge in [-0.3, -0.25) is 4.79 Å². The summed E-state index contributed by atoms with van der Waals surface area (Å²) in [5.74, 6) is -0.404. The maximum absolute atomic E-state index is 11.3. The molecule has 1 aromatic carbocycles. The second kappa shape index (κ2) is 4.03. The molecule has 0 bridgehead atoms. The highest BCUT2D eigenvalue weighted by Crippen LogP contribution is 2.43. The van der Waals surface area contributed by atoms with Crippen molar-refractivity contribution in [2.45, 2.75) is 19.1 Å². The van der Waals surface area contributed by atoms with E-state index in [9.17, 15) is 4.79 Å². The minimum atomic E-state index is -0.210. The van der Waals surface area contributed by atoms with Crippen molar-refractivity contribution in [3.05, 3.63) is 35.9 Å². The Balaban J connectivity index is 1.99. The second-order valence-electron chi connectivity index (χ2n) is 3.74. The predicted octanol–water partition coefficient (Wildman–Crippen LogP) is 1.94. The van der Waals surface area contributed by atoms with Gasteiger partial charge in [-0.25, -0.2) is 0 Å². The molecule has 3 nitrogen and oxygen atoms in total. The fourth-order valence-electron chi connectivity index (χ4n) is 1.73. The standard InChI is InChI=1S/C12H14O3/c1-8(12(13)14-2)10-11(15-10)9-6-4-3-5-7-9/h3-8,10-11H,1-2H3/t8-,10+,11-/m0/s1. The van der Waals surface area contributed by atoms with Gasteiger partial charge in [-0.05, 0) is 12.5 Å². The summed E-state index contributed by atoms with van der Waals surface area (Å²) in [5.41, 5.74) is 1.12. The van der Waals surface area contributed by atoms with Crippen LogP contribution in [-0.2, 0) is 14.3 Å². The number of hydrogen-bond acceptors (Lipinski definition) is 3. The number of benzene rings is 1. The van der Waals surface area contributed by atoms with Crippen LogP contribution in [0.15, 0.2) is 30.3 Å². The first-order chi connectivity index (χ1) is 7.24. The van der Waals surface area contributed by atoms with Crippen LogP contribution in [0.4, 0.5) is 0 Å². The van der Waals surface area contributed by atoms with Gasteiger partial charge in [0.2, 0.25) is 0 Å². The zero-order valence-electron chi connectivity index (χ0n) is 8.84. The zero-order chi connectivity index (χ0) is 10.8. The fourth-order valence-corrected chi connectivity index (χ4v) is 1.73. The molecule has 0 amide bonds. The maximum Gasteiger partial charge on any atom is 0.311 e. The summed E-state index contributed by atoms with van der Waals surface area (Å²) >= 11 is 0. The summed E-state index contributed by atoms with van der Waals surface area (Å²) in [4.78, 5) is 11.3. The molecule has 3 heteroatoms. The van der Waals surface area contributed by atoms with Crippen LogP contribution in [0.2, 0.25) is 0 Å². The van der Waals surface area contributed by atoms with E-state index < -0.39 is 0 Å². The van der Waals surface area contributed by atoms with Gasteiger partial charge in [-0.2, -0.15) is 0 Å². The summed E-state index contributed by atoms with van der Waals surface area (Å²) in [6.07, 6.45) is 0.0279. The number of epoxide rings is 1. The van der Waals surface area contributed by atoms with E-state index in [1.54, 1.807) is 0 Å². The van der Waals surface area contributed by atoms with Crippen molar-refractivity contribution in [1.29, 1.82) is 0 Å². The normalized spacial score (nSPS) is 25.7. The van der Waals surface area contributed by atoms with Crippen LogP contribution < -0.4 is 0 Å². The first kappa shape index (κ1) is 10.2. The Kier molecular flexibility index (Phi) is 2.73. The van der Waals surface area contributed by atoms with Crippen molar-refractivity contribution in [3.8, 4) is 0 Å². The number of ether oxygens (including phenoxy) is 2. The van der Waals surface area contributed by atoms with Crippen LogP contribution in [0.1, 0.15) is 18.6 Å². The third-order valence-corrected chi connectivity index (χ3v) is 2.72. The van der Waals surface area contributed by atoms with Gasteiger partial charge in [0.15, 0.2) is 0 Å². The molecular weight excluding hydrogens is 192 g/mol. The van der Waals surface area contributed by atoms with Gasteiger partial charge in [-0.1, -0.05) is 30.3 Å². The molecule has 3 atom stereocenters. The molecule has 0 spiro atoms. The van der Waals surface area contributed by atoms with Crippen LogP contribution in [0, 0.1) is 5.92 Å². The second-order valence-corrected chi connectivity index (χ2v) is 3.74. The van der Waals surface area contributed by atoms with E-state index in [1.165, 1.54) is 7.11 Å². The van der Waals surface area contributed by atoms with Crippen molar-refractivity contribution in [2.75, 3.05) is 7.11 Å². The highest BCUT2D eigenvalue weighted by molar-refractivity contribution is 5.73. The molecule has 0 aliphatic carbocycles. The summed E-state index contributed by atoms with van der Waals surface area (Å²) in [5, 5.41) is 0. The van der Waals surface area contributed by atoms with Crippen LogP contribution in [-0.4, -0.2) is 19.2 Å². The van der Waals surface area contributed by atoms with Gasteiger partial charge >= 0.3 is 5.97 Å². The molecule has 1 aliphatic rings. The highest BCUT2D eigenvalue weighted by Gasteiger charge is 2.46. The van der Waals surface area contributed by atoms with Crippen molar-refractivity contribution in [1.82, 2.24) is 0 Å². The van der Waals surface area contributed by atoms with Gasteiger partial charge in [0.05, 0.1) is 13.0 Å². The largest absolute Gasteiger partial charge is 0.469 e. The number of carbonyl (C=O) groups is 1. The molecule has 1 saturated heterocycles. The fraction of sp³-hybridized carbons (Fsp3) is 0.417. The molecule has 1 aliphatic heterocycles. The summed E-state index contributed by atoms with van der Waals surface area (Å²) in [7, 11) is 1.40. The van der Waals surface area contributed by atoms with Crippen molar-refractivity contribution < 1.29 is 14.3 Å².